The molecule has 6 nitrogen and oxygen atoms in total. The summed E-state index contributed by atoms with van der Waals surface area (Å²) in [5, 5.41) is 0. The molecule has 6 heteroatoms. The summed E-state index contributed by atoms with van der Waals surface area (Å²) in [4.78, 5) is 37.8. The van der Waals surface area contributed by atoms with Crippen molar-refractivity contribution in [2.75, 3.05) is 13.2 Å². The van der Waals surface area contributed by atoms with E-state index in [0.717, 1.165) is 103 Å². The van der Waals surface area contributed by atoms with Crippen molar-refractivity contribution in [1.82, 2.24) is 0 Å². The molecule has 0 aliphatic heterocycles. The van der Waals surface area contributed by atoms with Gasteiger partial charge in [0.2, 0.25) is 0 Å². The van der Waals surface area contributed by atoms with Crippen molar-refractivity contribution in [2.24, 2.45) is 0 Å². The Labute approximate surface area is 361 Å². The molecule has 1 unspecified atom stereocenters. The Kier molecular flexibility index (Phi) is 43.6. The molecule has 0 rings (SSSR count). The Hall–Kier alpha value is -3.93. The highest BCUT2D eigenvalue weighted by molar-refractivity contribution is 5.71. The average molecular weight is 817 g/mol. The number of unbranched alkanes of at least 4 members (excludes halogenated alkanes) is 17. The minimum atomic E-state index is -0.802. The van der Waals surface area contributed by atoms with Gasteiger partial charge in [0.15, 0.2) is 6.10 Å². The van der Waals surface area contributed by atoms with E-state index in [1.165, 1.54) is 44.9 Å². The third-order valence-electron chi connectivity index (χ3n) is 9.47. The molecule has 59 heavy (non-hydrogen) atoms. The smallest absolute Gasteiger partial charge is 0.306 e. The van der Waals surface area contributed by atoms with E-state index in [0.29, 0.717) is 19.3 Å². The molecule has 1 atom stereocenters. The van der Waals surface area contributed by atoms with Crippen LogP contribution in [0, 0.1) is 0 Å². The van der Waals surface area contributed by atoms with Crippen molar-refractivity contribution >= 4 is 17.9 Å². The maximum absolute atomic E-state index is 12.7. The number of esters is 3. The average Bonchev–Trinajstić information content (AvgIpc) is 3.23. The molecule has 0 saturated carbocycles. The number of hydrogen-bond donors (Lipinski definition) is 0. The van der Waals surface area contributed by atoms with E-state index in [-0.39, 0.29) is 31.1 Å². The molecule has 0 aromatic rings. The van der Waals surface area contributed by atoms with Gasteiger partial charge in [0.25, 0.3) is 0 Å². The Bertz CT molecular complexity index is 1260. The first-order chi connectivity index (χ1) is 29.0. The summed E-state index contributed by atoms with van der Waals surface area (Å²) in [6.45, 7) is 6.29. The fraction of sp³-hybridized carbons (Fsp3) is 0.604. The lowest BCUT2D eigenvalue weighted by Crippen LogP contribution is -2.30. The van der Waals surface area contributed by atoms with Crippen molar-refractivity contribution in [2.45, 2.75) is 194 Å². The standard InChI is InChI=1S/C53H84O6/c1-4-7-10-13-16-19-22-24-25-26-27-28-29-30-32-34-37-40-43-46-52(55)58-49-50(48-57-51(54)45-42-39-36-33-21-18-15-12-9-6-3)59-53(56)47-44-41-38-35-31-23-20-17-14-11-8-5-2/h7-8,10-11,13,16-17,19-20,22,24-30,32,50H,4-6,9,12,14-15,18,21,23,31,33-49H2,1-3H3/b10-7-,11-8-,16-13-,20-17-,22-19-,25-24-,27-26+,29-28-,32-30-. The van der Waals surface area contributed by atoms with Crippen LogP contribution in [0.2, 0.25) is 0 Å². The lowest BCUT2D eigenvalue weighted by molar-refractivity contribution is -0.167. The monoisotopic (exact) mass is 817 g/mol. The van der Waals surface area contributed by atoms with E-state index in [9.17, 15) is 14.4 Å². The fourth-order valence-electron chi connectivity index (χ4n) is 5.99. The van der Waals surface area contributed by atoms with Crippen LogP contribution in [0.3, 0.4) is 0 Å². The third kappa shape index (κ3) is 45.0. The number of ether oxygens (including phenoxy) is 3. The molecular weight excluding hydrogens is 733 g/mol. The molecule has 0 heterocycles. The first kappa shape index (κ1) is 55.1. The fourth-order valence-corrected chi connectivity index (χ4v) is 5.99. The van der Waals surface area contributed by atoms with Gasteiger partial charge in [0.05, 0.1) is 0 Å². The first-order valence-corrected chi connectivity index (χ1v) is 23.5. The van der Waals surface area contributed by atoms with Gasteiger partial charge in [-0.2, -0.15) is 0 Å². The van der Waals surface area contributed by atoms with Crippen LogP contribution in [0.4, 0.5) is 0 Å². The van der Waals surface area contributed by atoms with E-state index in [1.807, 2.05) is 72.9 Å². The summed E-state index contributed by atoms with van der Waals surface area (Å²) in [6.07, 6.45) is 62.1. The van der Waals surface area contributed by atoms with Crippen LogP contribution in [0.15, 0.2) is 109 Å². The molecule has 0 aromatic heterocycles. The van der Waals surface area contributed by atoms with Gasteiger partial charge in [-0.1, -0.05) is 214 Å². The van der Waals surface area contributed by atoms with Crippen molar-refractivity contribution < 1.29 is 28.6 Å². The molecule has 0 radical (unpaired) electrons. The van der Waals surface area contributed by atoms with Gasteiger partial charge < -0.3 is 14.2 Å². The highest BCUT2D eigenvalue weighted by Crippen LogP contribution is 2.13. The van der Waals surface area contributed by atoms with Gasteiger partial charge in [-0.25, -0.2) is 0 Å². The quantitative estimate of drug-likeness (QED) is 0.0201. The van der Waals surface area contributed by atoms with E-state index in [2.05, 4.69) is 57.2 Å². The van der Waals surface area contributed by atoms with E-state index >= 15 is 0 Å². The van der Waals surface area contributed by atoms with Gasteiger partial charge >= 0.3 is 17.9 Å². The van der Waals surface area contributed by atoms with Crippen LogP contribution >= 0.6 is 0 Å². The molecule has 0 aliphatic rings. The molecule has 0 amide bonds. The molecule has 0 saturated heterocycles. The van der Waals surface area contributed by atoms with E-state index in [1.54, 1.807) is 0 Å². The molecule has 0 spiro atoms. The minimum Gasteiger partial charge on any atom is -0.462 e. The van der Waals surface area contributed by atoms with E-state index < -0.39 is 6.10 Å². The largest absolute Gasteiger partial charge is 0.462 e. The number of carbonyl (C=O) groups is 3. The molecule has 0 bridgehead atoms. The molecule has 0 aromatic carbocycles. The van der Waals surface area contributed by atoms with Crippen LogP contribution in [-0.2, 0) is 28.6 Å². The zero-order valence-electron chi connectivity index (χ0n) is 37.7. The Morgan fingerprint density at radius 3 is 1.24 bits per heavy atom. The summed E-state index contributed by atoms with van der Waals surface area (Å²) in [7, 11) is 0. The molecule has 332 valence electrons. The van der Waals surface area contributed by atoms with Crippen molar-refractivity contribution in [1.29, 1.82) is 0 Å². The first-order valence-electron chi connectivity index (χ1n) is 23.5. The van der Waals surface area contributed by atoms with Gasteiger partial charge in [-0.15, -0.1) is 0 Å². The van der Waals surface area contributed by atoms with Gasteiger partial charge in [0, 0.05) is 19.3 Å². The normalized spacial score (nSPS) is 13.1. The second kappa shape index (κ2) is 46.8. The van der Waals surface area contributed by atoms with Crippen LogP contribution < -0.4 is 0 Å². The second-order valence-electron chi connectivity index (χ2n) is 15.1. The number of allylic oxidation sites excluding steroid dienone is 18. The molecule has 0 aliphatic carbocycles. The van der Waals surface area contributed by atoms with E-state index in [4.69, 9.17) is 14.2 Å². The van der Waals surface area contributed by atoms with Crippen LogP contribution in [0.1, 0.15) is 188 Å². The topological polar surface area (TPSA) is 78.9 Å². The Balaban J connectivity index is 4.50. The number of carbonyl (C=O) groups excluding carboxylic acids is 3. The lowest BCUT2D eigenvalue weighted by atomic mass is 10.1. The Morgan fingerprint density at radius 2 is 0.746 bits per heavy atom. The maximum atomic E-state index is 12.7. The number of rotatable bonds is 40. The minimum absolute atomic E-state index is 0.1000. The van der Waals surface area contributed by atoms with Crippen molar-refractivity contribution in [3.8, 4) is 0 Å². The summed E-state index contributed by atoms with van der Waals surface area (Å²) >= 11 is 0. The summed E-state index contributed by atoms with van der Waals surface area (Å²) in [5.74, 6) is -0.973. The van der Waals surface area contributed by atoms with Gasteiger partial charge in [-0.3, -0.25) is 14.4 Å². The van der Waals surface area contributed by atoms with Crippen LogP contribution in [0.25, 0.3) is 0 Å². The highest BCUT2D eigenvalue weighted by Gasteiger charge is 2.19. The zero-order chi connectivity index (χ0) is 43.0. The third-order valence-corrected chi connectivity index (χ3v) is 9.47. The van der Waals surface area contributed by atoms with Crippen molar-refractivity contribution in [3.63, 3.8) is 0 Å². The predicted octanol–water partition coefficient (Wildman–Crippen LogP) is 15.2. The lowest BCUT2D eigenvalue weighted by Gasteiger charge is -2.18. The maximum Gasteiger partial charge on any atom is 0.306 e. The Morgan fingerprint density at radius 1 is 0.373 bits per heavy atom. The summed E-state index contributed by atoms with van der Waals surface area (Å²) < 4.78 is 16.7. The summed E-state index contributed by atoms with van der Waals surface area (Å²) in [6, 6.07) is 0. The molecule has 0 fully saturated rings. The van der Waals surface area contributed by atoms with Crippen molar-refractivity contribution in [3.05, 3.63) is 109 Å². The SMILES string of the molecule is CC\C=C/C=C\C=C/C=C\C=C\C=C/C=C\CCCCCC(=O)OCC(COC(=O)CCCCCCCCCCCC)OC(=O)CCCCCCC/C=C\C/C=C\CC. The zero-order valence-corrected chi connectivity index (χ0v) is 37.7. The van der Waals surface area contributed by atoms with Crippen LogP contribution in [0.5, 0.6) is 0 Å². The highest BCUT2D eigenvalue weighted by atomic mass is 16.6. The number of hydrogen-bond acceptors (Lipinski definition) is 6. The summed E-state index contributed by atoms with van der Waals surface area (Å²) in [5.41, 5.74) is 0. The second-order valence-corrected chi connectivity index (χ2v) is 15.1. The predicted molar refractivity (Wildman–Crippen MR) is 251 cm³/mol. The van der Waals surface area contributed by atoms with Crippen LogP contribution in [-0.4, -0.2) is 37.2 Å². The van der Waals surface area contributed by atoms with Gasteiger partial charge in [-0.05, 0) is 64.2 Å². The molecular formula is C53H84O6. The van der Waals surface area contributed by atoms with Gasteiger partial charge in [0.1, 0.15) is 13.2 Å². The molecule has 0 N–H and O–H groups in total.